The van der Waals surface area contributed by atoms with Gasteiger partial charge in [-0.2, -0.15) is 0 Å². The number of nitrogens with one attached hydrogen (secondary N) is 1. The molecule has 1 unspecified atom stereocenters. The molecular formula is C23H28F2N8O. The van der Waals surface area contributed by atoms with Gasteiger partial charge in [0.05, 0.1) is 24.9 Å². The van der Waals surface area contributed by atoms with Gasteiger partial charge in [-0.15, -0.1) is 0 Å². The van der Waals surface area contributed by atoms with Gasteiger partial charge in [-0.3, -0.25) is 4.90 Å². The predicted molar refractivity (Wildman–Crippen MR) is 125 cm³/mol. The monoisotopic (exact) mass is 470 g/mol. The Morgan fingerprint density at radius 1 is 1.09 bits per heavy atom. The Kier molecular flexibility index (Phi) is 6.00. The highest BCUT2D eigenvalue weighted by Crippen LogP contribution is 2.35. The first-order valence-electron chi connectivity index (χ1n) is 11.4. The second-order valence-corrected chi connectivity index (χ2v) is 9.15. The van der Waals surface area contributed by atoms with Gasteiger partial charge in [-0.1, -0.05) is 6.07 Å². The molecular weight excluding hydrogens is 442 g/mol. The van der Waals surface area contributed by atoms with Gasteiger partial charge < -0.3 is 20.2 Å². The maximum Gasteiger partial charge on any atom is 0.282 e. The van der Waals surface area contributed by atoms with Crippen LogP contribution in [0.4, 0.5) is 26.4 Å². The number of fused-ring (bicyclic) bond motifs is 1. The van der Waals surface area contributed by atoms with E-state index in [0.717, 1.165) is 38.3 Å². The van der Waals surface area contributed by atoms with Crippen LogP contribution in [-0.4, -0.2) is 87.1 Å². The number of aliphatic hydroxyl groups excluding tert-OH is 1. The molecule has 5 heterocycles. The molecule has 2 aliphatic heterocycles. The lowest BCUT2D eigenvalue weighted by Gasteiger charge is -2.39. The van der Waals surface area contributed by atoms with Gasteiger partial charge in [-0.25, -0.2) is 28.7 Å². The molecule has 3 aromatic rings. The Morgan fingerprint density at radius 2 is 1.85 bits per heavy atom. The fraction of sp³-hybridized carbons (Fsp3) is 0.478. The molecule has 0 aromatic carbocycles. The van der Waals surface area contributed by atoms with Crippen molar-refractivity contribution in [3.05, 3.63) is 41.9 Å². The predicted octanol–water partition coefficient (Wildman–Crippen LogP) is 2.42. The van der Waals surface area contributed by atoms with Crippen molar-refractivity contribution in [2.75, 3.05) is 56.5 Å². The van der Waals surface area contributed by atoms with Crippen LogP contribution in [0.15, 0.2) is 30.6 Å². The van der Waals surface area contributed by atoms with Gasteiger partial charge in [-0.05, 0) is 31.7 Å². The van der Waals surface area contributed by atoms with Crippen molar-refractivity contribution in [3.8, 4) is 0 Å². The third kappa shape index (κ3) is 4.91. The van der Waals surface area contributed by atoms with Crippen LogP contribution in [-0.2, 0) is 6.54 Å². The number of halogens is 2. The van der Waals surface area contributed by atoms with E-state index in [4.69, 9.17) is 0 Å². The highest BCUT2D eigenvalue weighted by atomic mass is 19.3. The van der Waals surface area contributed by atoms with Crippen molar-refractivity contribution in [1.29, 1.82) is 0 Å². The largest absolute Gasteiger partial charge is 0.387 e. The molecule has 2 fully saturated rings. The molecule has 2 N–H and O–H groups in total. The van der Waals surface area contributed by atoms with E-state index in [-0.39, 0.29) is 0 Å². The standard InChI is InChI=1S/C23H28F2N8O/c1-15(34)18-9-17-11-27-22(30-20(17)21(28-18)33-13-23(24,25)14-33)29-19-4-3-16(10-26-19)12-32-7-5-31(2)6-8-32/h3-4,9-11,15,34H,5-8,12-14H2,1-2H3,(H,26,27,29,30). The van der Waals surface area contributed by atoms with E-state index >= 15 is 0 Å². The van der Waals surface area contributed by atoms with Crippen LogP contribution < -0.4 is 10.2 Å². The van der Waals surface area contributed by atoms with Crippen molar-refractivity contribution >= 4 is 28.5 Å². The lowest BCUT2D eigenvalue weighted by molar-refractivity contribution is -0.0265. The van der Waals surface area contributed by atoms with Crippen LogP contribution in [0.25, 0.3) is 10.9 Å². The van der Waals surface area contributed by atoms with Crippen molar-refractivity contribution < 1.29 is 13.9 Å². The third-order valence-electron chi connectivity index (χ3n) is 6.21. The minimum Gasteiger partial charge on any atom is -0.387 e. The van der Waals surface area contributed by atoms with Crippen molar-refractivity contribution in [3.63, 3.8) is 0 Å². The smallest absolute Gasteiger partial charge is 0.282 e. The number of rotatable bonds is 6. The van der Waals surface area contributed by atoms with E-state index in [1.54, 1.807) is 19.2 Å². The van der Waals surface area contributed by atoms with Crippen LogP contribution in [0.5, 0.6) is 0 Å². The molecule has 0 aliphatic carbocycles. The lowest BCUT2D eigenvalue weighted by Crippen LogP contribution is -2.56. The normalized spacial score (nSPS) is 19.7. The highest BCUT2D eigenvalue weighted by Gasteiger charge is 2.45. The number of likely N-dealkylation sites (N-methyl/N-ethyl adjacent to an activating group) is 1. The maximum absolute atomic E-state index is 13.5. The number of nitrogens with zero attached hydrogens (tertiary/aromatic N) is 7. The van der Waals surface area contributed by atoms with Crippen LogP contribution >= 0.6 is 0 Å². The number of aromatic nitrogens is 4. The number of hydrogen-bond acceptors (Lipinski definition) is 9. The zero-order valence-corrected chi connectivity index (χ0v) is 19.2. The van der Waals surface area contributed by atoms with E-state index in [1.165, 1.54) is 4.90 Å². The maximum atomic E-state index is 13.5. The van der Waals surface area contributed by atoms with Crippen LogP contribution in [0.2, 0.25) is 0 Å². The molecule has 34 heavy (non-hydrogen) atoms. The van der Waals surface area contributed by atoms with Gasteiger partial charge in [0.15, 0.2) is 5.82 Å². The number of aliphatic hydroxyl groups is 1. The molecule has 0 saturated carbocycles. The summed E-state index contributed by atoms with van der Waals surface area (Å²) in [5, 5.41) is 13.7. The average molecular weight is 471 g/mol. The molecule has 0 radical (unpaired) electrons. The Hall–Kier alpha value is -3.02. The molecule has 2 saturated heterocycles. The summed E-state index contributed by atoms with van der Waals surface area (Å²) >= 11 is 0. The Morgan fingerprint density at radius 3 is 2.50 bits per heavy atom. The zero-order chi connectivity index (χ0) is 23.9. The minimum atomic E-state index is -2.75. The van der Waals surface area contributed by atoms with Crippen molar-refractivity contribution in [2.24, 2.45) is 0 Å². The number of hydrogen-bond donors (Lipinski definition) is 2. The number of anilines is 3. The summed E-state index contributed by atoms with van der Waals surface area (Å²) in [7, 11) is 2.14. The topological polar surface area (TPSA) is 93.5 Å². The molecule has 9 nitrogen and oxygen atoms in total. The summed E-state index contributed by atoms with van der Waals surface area (Å²) in [6, 6.07) is 5.58. The first-order valence-corrected chi connectivity index (χ1v) is 11.4. The third-order valence-corrected chi connectivity index (χ3v) is 6.21. The SMILES string of the molecule is CC(O)c1cc2cnc(Nc3ccc(CN4CCN(C)CC4)cn3)nc2c(N2CC(F)(F)C2)n1. The van der Waals surface area contributed by atoms with Gasteiger partial charge in [0.2, 0.25) is 5.95 Å². The number of pyridine rings is 2. The number of alkyl halides is 2. The van der Waals surface area contributed by atoms with Gasteiger partial charge in [0, 0.05) is 50.5 Å². The van der Waals surface area contributed by atoms with Crippen molar-refractivity contribution in [2.45, 2.75) is 25.5 Å². The number of piperazine rings is 1. The summed E-state index contributed by atoms with van der Waals surface area (Å²) in [6.07, 6.45) is 2.60. The summed E-state index contributed by atoms with van der Waals surface area (Å²) in [5.74, 6) is -1.54. The first kappa shape index (κ1) is 22.8. The highest BCUT2D eigenvalue weighted by molar-refractivity contribution is 5.90. The summed E-state index contributed by atoms with van der Waals surface area (Å²) < 4.78 is 27.0. The van der Waals surface area contributed by atoms with E-state index in [0.29, 0.717) is 34.2 Å². The molecule has 11 heteroatoms. The molecule has 180 valence electrons. The Balaban J connectivity index is 1.34. The molecule has 1 atom stereocenters. The molecule has 0 bridgehead atoms. The van der Waals surface area contributed by atoms with Gasteiger partial charge in [0.1, 0.15) is 11.3 Å². The minimum absolute atomic E-state index is 0.298. The van der Waals surface area contributed by atoms with Crippen molar-refractivity contribution in [1.82, 2.24) is 29.7 Å². The van der Waals surface area contributed by atoms with E-state index < -0.39 is 25.1 Å². The van der Waals surface area contributed by atoms with E-state index in [1.807, 2.05) is 18.3 Å². The summed E-state index contributed by atoms with van der Waals surface area (Å²) in [4.78, 5) is 24.0. The van der Waals surface area contributed by atoms with Crippen LogP contribution in [0.1, 0.15) is 24.3 Å². The van der Waals surface area contributed by atoms with Gasteiger partial charge >= 0.3 is 0 Å². The fourth-order valence-electron chi connectivity index (χ4n) is 4.17. The van der Waals surface area contributed by atoms with Gasteiger partial charge in [0.25, 0.3) is 5.92 Å². The molecule has 3 aromatic heterocycles. The quantitative estimate of drug-likeness (QED) is 0.563. The van der Waals surface area contributed by atoms with E-state index in [2.05, 4.69) is 42.1 Å². The second-order valence-electron chi connectivity index (χ2n) is 9.15. The summed E-state index contributed by atoms with van der Waals surface area (Å²) in [6.45, 7) is 5.79. The molecule has 5 rings (SSSR count). The second kappa shape index (κ2) is 8.97. The van der Waals surface area contributed by atoms with Crippen LogP contribution in [0.3, 0.4) is 0 Å². The lowest BCUT2D eigenvalue weighted by atomic mass is 10.1. The average Bonchev–Trinajstić information content (AvgIpc) is 2.79. The first-order chi connectivity index (χ1) is 16.3. The molecule has 0 spiro atoms. The Bertz CT molecular complexity index is 1160. The van der Waals surface area contributed by atoms with E-state index in [9.17, 15) is 13.9 Å². The zero-order valence-electron chi connectivity index (χ0n) is 19.2. The Labute approximate surface area is 196 Å². The summed E-state index contributed by atoms with van der Waals surface area (Å²) in [5.41, 5.74) is 1.97. The molecule has 2 aliphatic rings. The fourth-order valence-corrected chi connectivity index (χ4v) is 4.17. The molecule has 0 amide bonds. The van der Waals surface area contributed by atoms with Crippen LogP contribution in [0, 0.1) is 0 Å².